The first kappa shape index (κ1) is 13.3. The molecule has 1 saturated heterocycles. The Labute approximate surface area is 122 Å². The van der Waals surface area contributed by atoms with Crippen LogP contribution in [0.4, 0.5) is 10.8 Å². The maximum atomic E-state index is 9.86. The van der Waals surface area contributed by atoms with Crippen LogP contribution in [0.3, 0.4) is 0 Å². The molecular formula is C14H18N4OS. The second kappa shape index (κ2) is 5.38. The summed E-state index contributed by atoms with van der Waals surface area (Å²) in [5.41, 5.74) is 8.00. The Hall–Kier alpha value is -1.66. The van der Waals surface area contributed by atoms with E-state index in [-0.39, 0.29) is 12.0 Å². The van der Waals surface area contributed by atoms with Gasteiger partial charge < -0.3 is 15.7 Å². The highest BCUT2D eigenvalue weighted by Crippen LogP contribution is 2.40. The van der Waals surface area contributed by atoms with E-state index in [9.17, 15) is 5.11 Å². The van der Waals surface area contributed by atoms with Crippen LogP contribution in [0.2, 0.25) is 0 Å². The van der Waals surface area contributed by atoms with Crippen LogP contribution in [0.1, 0.15) is 13.3 Å². The Morgan fingerprint density at radius 1 is 1.50 bits per heavy atom. The molecule has 0 aliphatic carbocycles. The van der Waals surface area contributed by atoms with Crippen LogP contribution in [-0.4, -0.2) is 33.7 Å². The largest absolute Gasteiger partial charge is 0.393 e. The van der Waals surface area contributed by atoms with E-state index < -0.39 is 0 Å². The van der Waals surface area contributed by atoms with Gasteiger partial charge >= 0.3 is 0 Å². The van der Waals surface area contributed by atoms with Crippen molar-refractivity contribution < 1.29 is 5.11 Å². The van der Waals surface area contributed by atoms with Crippen molar-refractivity contribution in [3.05, 3.63) is 24.5 Å². The summed E-state index contributed by atoms with van der Waals surface area (Å²) >= 11 is 1.42. The van der Waals surface area contributed by atoms with Crippen molar-refractivity contribution in [1.82, 2.24) is 9.36 Å². The summed E-state index contributed by atoms with van der Waals surface area (Å²) in [6, 6.07) is 3.90. The van der Waals surface area contributed by atoms with E-state index in [1.54, 1.807) is 6.20 Å². The molecule has 0 bridgehead atoms. The first-order valence-electron chi connectivity index (χ1n) is 6.75. The van der Waals surface area contributed by atoms with E-state index in [2.05, 4.69) is 21.2 Å². The third-order valence-corrected chi connectivity index (χ3v) is 4.72. The second-order valence-electron chi connectivity index (χ2n) is 5.27. The van der Waals surface area contributed by atoms with E-state index in [1.807, 2.05) is 18.3 Å². The summed E-state index contributed by atoms with van der Waals surface area (Å²) in [7, 11) is 0. The van der Waals surface area contributed by atoms with Gasteiger partial charge in [0.1, 0.15) is 10.8 Å². The van der Waals surface area contributed by atoms with Gasteiger partial charge in [-0.3, -0.25) is 4.98 Å². The molecule has 5 nitrogen and oxygen atoms in total. The molecule has 106 valence electrons. The van der Waals surface area contributed by atoms with Gasteiger partial charge in [0.05, 0.1) is 11.7 Å². The number of hydrogen-bond donors (Lipinski definition) is 2. The fraction of sp³-hybridized carbons (Fsp3) is 0.429. The summed E-state index contributed by atoms with van der Waals surface area (Å²) < 4.78 is 4.30. The number of nitrogens with zero attached hydrogens (tertiary/aromatic N) is 3. The maximum absolute atomic E-state index is 9.86. The number of anilines is 2. The van der Waals surface area contributed by atoms with Crippen molar-refractivity contribution in [1.29, 1.82) is 0 Å². The number of hydrogen-bond acceptors (Lipinski definition) is 6. The van der Waals surface area contributed by atoms with Gasteiger partial charge in [-0.2, -0.15) is 4.37 Å². The molecule has 2 aromatic heterocycles. The lowest BCUT2D eigenvalue weighted by atomic mass is 9.96. The van der Waals surface area contributed by atoms with Gasteiger partial charge in [0.25, 0.3) is 0 Å². The van der Waals surface area contributed by atoms with Crippen molar-refractivity contribution in [2.45, 2.75) is 19.4 Å². The minimum absolute atomic E-state index is 0.210. The molecule has 3 N–H and O–H groups in total. The fourth-order valence-electron chi connectivity index (χ4n) is 2.61. The Balaban J connectivity index is 1.96. The highest BCUT2D eigenvalue weighted by Gasteiger charge is 2.28. The summed E-state index contributed by atoms with van der Waals surface area (Å²) in [5, 5.41) is 10.9. The average molecular weight is 290 g/mol. The van der Waals surface area contributed by atoms with Gasteiger partial charge in [-0.05, 0) is 29.9 Å². The van der Waals surface area contributed by atoms with Gasteiger partial charge in [0, 0.05) is 31.0 Å². The number of aliphatic hydroxyl groups is 1. The van der Waals surface area contributed by atoms with E-state index in [4.69, 9.17) is 5.73 Å². The monoisotopic (exact) mass is 290 g/mol. The van der Waals surface area contributed by atoms with Crippen LogP contribution >= 0.6 is 11.5 Å². The van der Waals surface area contributed by atoms with Gasteiger partial charge in [-0.15, -0.1) is 0 Å². The van der Waals surface area contributed by atoms with Crippen LogP contribution < -0.4 is 10.6 Å². The highest BCUT2D eigenvalue weighted by atomic mass is 32.1. The minimum Gasteiger partial charge on any atom is -0.393 e. The average Bonchev–Trinajstić information content (AvgIpc) is 2.85. The summed E-state index contributed by atoms with van der Waals surface area (Å²) in [4.78, 5) is 6.43. The molecule has 3 rings (SSSR count). The van der Waals surface area contributed by atoms with Crippen molar-refractivity contribution in [2.75, 3.05) is 23.7 Å². The predicted molar refractivity (Wildman–Crippen MR) is 81.8 cm³/mol. The molecule has 1 aliphatic rings. The van der Waals surface area contributed by atoms with Crippen LogP contribution in [0.5, 0.6) is 0 Å². The first-order valence-corrected chi connectivity index (χ1v) is 7.52. The van der Waals surface area contributed by atoms with Crippen molar-refractivity contribution in [3.8, 4) is 11.1 Å². The van der Waals surface area contributed by atoms with Crippen molar-refractivity contribution in [3.63, 3.8) is 0 Å². The lowest BCUT2D eigenvalue weighted by Crippen LogP contribution is -2.41. The number of piperidine rings is 1. The molecule has 3 heterocycles. The van der Waals surface area contributed by atoms with Gasteiger partial charge in [0.15, 0.2) is 0 Å². The molecule has 2 atom stereocenters. The summed E-state index contributed by atoms with van der Waals surface area (Å²) in [6.45, 7) is 3.74. The number of nitrogen functional groups attached to an aromatic ring is 1. The zero-order valence-electron chi connectivity index (χ0n) is 11.4. The Morgan fingerprint density at radius 3 is 3.05 bits per heavy atom. The van der Waals surface area contributed by atoms with Crippen LogP contribution in [0, 0.1) is 5.92 Å². The van der Waals surface area contributed by atoms with Crippen LogP contribution in [0.15, 0.2) is 24.5 Å². The normalized spacial score (nSPS) is 23.0. The zero-order chi connectivity index (χ0) is 14.1. The van der Waals surface area contributed by atoms with Crippen molar-refractivity contribution in [2.24, 2.45) is 5.92 Å². The number of aliphatic hydroxyl groups excluding tert-OH is 1. The topological polar surface area (TPSA) is 75.3 Å². The van der Waals surface area contributed by atoms with E-state index >= 15 is 0 Å². The maximum Gasteiger partial charge on any atom is 0.147 e. The molecule has 0 spiro atoms. The second-order valence-corrected chi connectivity index (χ2v) is 6.02. The molecule has 2 aromatic rings. The van der Waals surface area contributed by atoms with Crippen LogP contribution in [0.25, 0.3) is 11.1 Å². The van der Waals surface area contributed by atoms with Gasteiger partial charge in [0.2, 0.25) is 0 Å². The van der Waals surface area contributed by atoms with Crippen molar-refractivity contribution >= 4 is 22.4 Å². The zero-order valence-corrected chi connectivity index (χ0v) is 12.2. The molecule has 0 saturated carbocycles. The predicted octanol–water partition coefficient (Wildman–Crippen LogP) is 1.99. The molecule has 1 fully saturated rings. The van der Waals surface area contributed by atoms with Gasteiger partial charge in [-0.25, -0.2) is 0 Å². The lowest BCUT2D eigenvalue weighted by Gasteiger charge is -2.35. The third-order valence-electron chi connectivity index (χ3n) is 3.80. The highest BCUT2D eigenvalue weighted by molar-refractivity contribution is 7.11. The van der Waals surface area contributed by atoms with Crippen LogP contribution in [-0.2, 0) is 0 Å². The first-order chi connectivity index (χ1) is 9.66. The Kier molecular flexibility index (Phi) is 3.58. The SMILES string of the molecule is CC1CN(c2snc(N)c2-c2cccnc2)CCC1O. The molecule has 6 heteroatoms. The van der Waals surface area contributed by atoms with Gasteiger partial charge in [-0.1, -0.05) is 13.0 Å². The summed E-state index contributed by atoms with van der Waals surface area (Å²) in [6.07, 6.45) is 4.13. The van der Waals surface area contributed by atoms with E-state index in [1.165, 1.54) is 11.5 Å². The molecule has 0 amide bonds. The third kappa shape index (κ3) is 2.36. The number of aromatic nitrogens is 2. The molecule has 2 unspecified atom stereocenters. The molecule has 1 aliphatic heterocycles. The number of nitrogens with two attached hydrogens (primary N) is 1. The number of pyridine rings is 1. The lowest BCUT2D eigenvalue weighted by molar-refractivity contribution is 0.0973. The molecule has 20 heavy (non-hydrogen) atoms. The standard InChI is InChI=1S/C14H18N4OS/c1-9-8-18(6-4-11(9)19)14-12(13(15)17-20-14)10-3-2-5-16-7-10/h2-3,5,7,9,11,19H,4,6,8H2,1H3,(H2,15,17). The summed E-state index contributed by atoms with van der Waals surface area (Å²) in [5.74, 6) is 0.811. The van der Waals surface area contributed by atoms with E-state index in [0.29, 0.717) is 5.82 Å². The fourth-order valence-corrected chi connectivity index (χ4v) is 3.48. The number of rotatable bonds is 2. The quantitative estimate of drug-likeness (QED) is 0.884. The minimum atomic E-state index is -0.210. The smallest absolute Gasteiger partial charge is 0.147 e. The Bertz CT molecular complexity index is 586. The molecule has 0 aromatic carbocycles. The Morgan fingerprint density at radius 2 is 2.35 bits per heavy atom. The van der Waals surface area contributed by atoms with E-state index in [0.717, 1.165) is 35.6 Å². The molecule has 0 radical (unpaired) electrons. The molecular weight excluding hydrogens is 272 g/mol.